The summed E-state index contributed by atoms with van der Waals surface area (Å²) < 4.78 is 10.8. The average molecular weight is 320 g/mol. The van der Waals surface area contributed by atoms with Crippen molar-refractivity contribution in [2.75, 3.05) is 7.11 Å². The lowest BCUT2D eigenvalue weighted by atomic mass is 9.99. The van der Waals surface area contributed by atoms with Gasteiger partial charge in [0.05, 0.1) is 24.4 Å². The van der Waals surface area contributed by atoms with E-state index in [1.165, 1.54) is 0 Å². The number of hydrogen-bond donors (Lipinski definition) is 1. The highest BCUT2D eigenvalue weighted by Crippen LogP contribution is 2.30. The fourth-order valence-electron chi connectivity index (χ4n) is 3.01. The molecule has 0 bridgehead atoms. The van der Waals surface area contributed by atoms with E-state index in [0.29, 0.717) is 23.3 Å². The highest BCUT2D eigenvalue weighted by Gasteiger charge is 2.25. The van der Waals surface area contributed by atoms with Gasteiger partial charge in [0.25, 0.3) is 0 Å². The molecule has 0 aliphatic carbocycles. The Morgan fingerprint density at radius 1 is 1.17 bits per heavy atom. The van der Waals surface area contributed by atoms with Gasteiger partial charge in [-0.1, -0.05) is 36.4 Å². The maximum Gasteiger partial charge on any atom is 0.345 e. The Balaban J connectivity index is 1.68. The Bertz CT molecular complexity index is 991. The number of methoxy groups -OCH3 is 1. The summed E-state index contributed by atoms with van der Waals surface area (Å²) in [5.41, 5.74) is 5.53. The quantitative estimate of drug-likeness (QED) is 0.753. The minimum Gasteiger partial charge on any atom is -0.496 e. The van der Waals surface area contributed by atoms with Gasteiger partial charge in [-0.05, 0) is 18.2 Å². The SMILES string of the molecule is COc1ccccc1[C@H]1CC(c2cc3ccccc3oc2=O)=NN1. The normalized spacial score (nSPS) is 16.7. The number of benzene rings is 2. The molecule has 120 valence electrons. The number of hydrogen-bond acceptors (Lipinski definition) is 5. The van der Waals surface area contributed by atoms with Crippen molar-refractivity contribution in [2.45, 2.75) is 12.5 Å². The monoisotopic (exact) mass is 320 g/mol. The Morgan fingerprint density at radius 3 is 2.83 bits per heavy atom. The van der Waals surface area contributed by atoms with Gasteiger partial charge in [-0.15, -0.1) is 0 Å². The van der Waals surface area contributed by atoms with Gasteiger partial charge in [-0.2, -0.15) is 5.10 Å². The van der Waals surface area contributed by atoms with Gasteiger partial charge in [0.2, 0.25) is 0 Å². The van der Waals surface area contributed by atoms with Crippen LogP contribution in [0.15, 0.2) is 68.9 Å². The maximum absolute atomic E-state index is 12.3. The zero-order valence-corrected chi connectivity index (χ0v) is 13.2. The standard InChI is InChI=1S/C19H16N2O3/c1-23-18-9-5-3-7-13(18)15-11-16(21-20-15)14-10-12-6-2-4-8-17(12)24-19(14)22/h2-10,15,20H,11H2,1H3/t15-/m1/s1. The highest BCUT2D eigenvalue weighted by atomic mass is 16.5. The molecule has 4 rings (SSSR count). The Labute approximate surface area is 138 Å². The molecule has 1 aliphatic heterocycles. The summed E-state index contributed by atoms with van der Waals surface area (Å²) in [5, 5.41) is 5.24. The molecule has 5 nitrogen and oxygen atoms in total. The Morgan fingerprint density at radius 2 is 1.96 bits per heavy atom. The van der Waals surface area contributed by atoms with Crippen LogP contribution in [0.5, 0.6) is 5.75 Å². The lowest BCUT2D eigenvalue weighted by Crippen LogP contribution is -2.14. The number of hydrazone groups is 1. The summed E-state index contributed by atoms with van der Waals surface area (Å²) in [7, 11) is 1.65. The molecule has 24 heavy (non-hydrogen) atoms. The number of nitrogens with zero attached hydrogens (tertiary/aromatic N) is 1. The number of ether oxygens (including phenoxy) is 1. The van der Waals surface area contributed by atoms with Gasteiger partial charge in [-0.3, -0.25) is 0 Å². The molecule has 1 aromatic heterocycles. The smallest absolute Gasteiger partial charge is 0.345 e. The fourth-order valence-corrected chi connectivity index (χ4v) is 3.01. The third-order valence-corrected chi connectivity index (χ3v) is 4.22. The minimum atomic E-state index is -0.366. The molecule has 5 heteroatoms. The van der Waals surface area contributed by atoms with Crippen molar-refractivity contribution in [1.29, 1.82) is 0 Å². The fraction of sp³-hybridized carbons (Fsp3) is 0.158. The van der Waals surface area contributed by atoms with Crippen molar-refractivity contribution >= 4 is 16.7 Å². The van der Waals surface area contributed by atoms with Crippen molar-refractivity contribution in [3.63, 3.8) is 0 Å². The molecule has 0 amide bonds. The van der Waals surface area contributed by atoms with Crippen LogP contribution < -0.4 is 15.8 Å². The van der Waals surface area contributed by atoms with Gasteiger partial charge in [-0.25, -0.2) is 4.79 Å². The summed E-state index contributed by atoms with van der Waals surface area (Å²) >= 11 is 0. The first-order chi connectivity index (χ1) is 11.8. The topological polar surface area (TPSA) is 63.8 Å². The molecule has 0 saturated carbocycles. The molecule has 0 fully saturated rings. The van der Waals surface area contributed by atoms with E-state index in [0.717, 1.165) is 16.7 Å². The molecule has 1 atom stereocenters. The molecule has 0 spiro atoms. The Hall–Kier alpha value is -3.08. The number of para-hydroxylation sites is 2. The molecule has 3 aromatic rings. The number of nitrogens with one attached hydrogen (secondary N) is 1. The zero-order chi connectivity index (χ0) is 16.5. The van der Waals surface area contributed by atoms with Crippen molar-refractivity contribution in [3.8, 4) is 5.75 Å². The van der Waals surface area contributed by atoms with E-state index in [-0.39, 0.29) is 11.7 Å². The molecule has 1 N–H and O–H groups in total. The molecule has 0 unspecified atom stereocenters. The molecular formula is C19H16N2O3. The molecule has 2 aromatic carbocycles. The molecule has 2 heterocycles. The molecular weight excluding hydrogens is 304 g/mol. The predicted molar refractivity (Wildman–Crippen MR) is 92.5 cm³/mol. The van der Waals surface area contributed by atoms with Gasteiger partial charge in [0.1, 0.15) is 11.3 Å². The van der Waals surface area contributed by atoms with Crippen LogP contribution in [0.3, 0.4) is 0 Å². The summed E-state index contributed by atoms with van der Waals surface area (Å²) in [6.45, 7) is 0. The van der Waals surface area contributed by atoms with E-state index in [9.17, 15) is 4.79 Å². The lowest BCUT2D eigenvalue weighted by Gasteiger charge is -2.14. The largest absolute Gasteiger partial charge is 0.496 e. The average Bonchev–Trinajstić information content (AvgIpc) is 3.10. The summed E-state index contributed by atoms with van der Waals surface area (Å²) in [6, 6.07) is 17.1. The third kappa shape index (κ3) is 2.44. The van der Waals surface area contributed by atoms with Crippen molar-refractivity contribution in [1.82, 2.24) is 5.43 Å². The van der Waals surface area contributed by atoms with Crippen LogP contribution in [0, 0.1) is 0 Å². The van der Waals surface area contributed by atoms with Crippen molar-refractivity contribution in [2.24, 2.45) is 5.10 Å². The first-order valence-electron chi connectivity index (χ1n) is 7.74. The van der Waals surface area contributed by atoms with E-state index in [1.807, 2.05) is 48.5 Å². The van der Waals surface area contributed by atoms with Crippen molar-refractivity contribution in [3.05, 3.63) is 76.1 Å². The summed E-state index contributed by atoms with van der Waals surface area (Å²) in [5.74, 6) is 0.803. The van der Waals surface area contributed by atoms with Gasteiger partial charge in [0, 0.05) is 17.4 Å². The van der Waals surface area contributed by atoms with Gasteiger partial charge in [0.15, 0.2) is 0 Å². The second-order valence-corrected chi connectivity index (χ2v) is 5.67. The second-order valence-electron chi connectivity index (χ2n) is 5.67. The predicted octanol–water partition coefficient (Wildman–Crippen LogP) is 3.24. The van der Waals surface area contributed by atoms with E-state index in [4.69, 9.17) is 9.15 Å². The van der Waals surface area contributed by atoms with Crippen LogP contribution in [0.2, 0.25) is 0 Å². The van der Waals surface area contributed by atoms with Crippen LogP contribution in [0.1, 0.15) is 23.6 Å². The molecule has 0 radical (unpaired) electrons. The highest BCUT2D eigenvalue weighted by molar-refractivity contribution is 6.03. The first-order valence-corrected chi connectivity index (χ1v) is 7.74. The van der Waals surface area contributed by atoms with Gasteiger partial charge >= 0.3 is 5.63 Å². The van der Waals surface area contributed by atoms with E-state index >= 15 is 0 Å². The van der Waals surface area contributed by atoms with Gasteiger partial charge < -0.3 is 14.6 Å². The van der Waals surface area contributed by atoms with E-state index in [2.05, 4.69) is 10.5 Å². The summed E-state index contributed by atoms with van der Waals surface area (Å²) in [6.07, 6.45) is 0.601. The van der Waals surface area contributed by atoms with Crippen LogP contribution in [0.4, 0.5) is 0 Å². The second kappa shape index (κ2) is 5.85. The first kappa shape index (κ1) is 14.5. The number of fused-ring (bicyclic) bond motifs is 1. The van der Waals surface area contributed by atoms with Crippen LogP contribution >= 0.6 is 0 Å². The van der Waals surface area contributed by atoms with Crippen LogP contribution in [-0.4, -0.2) is 12.8 Å². The summed E-state index contributed by atoms with van der Waals surface area (Å²) in [4.78, 5) is 12.3. The minimum absolute atomic E-state index is 0.0259. The van der Waals surface area contributed by atoms with Crippen LogP contribution in [-0.2, 0) is 0 Å². The maximum atomic E-state index is 12.3. The van der Waals surface area contributed by atoms with E-state index < -0.39 is 0 Å². The third-order valence-electron chi connectivity index (χ3n) is 4.22. The Kier molecular flexibility index (Phi) is 3.54. The van der Waals surface area contributed by atoms with E-state index in [1.54, 1.807) is 13.2 Å². The molecule has 0 saturated heterocycles. The molecule has 1 aliphatic rings. The number of rotatable bonds is 3. The van der Waals surface area contributed by atoms with Crippen LogP contribution in [0.25, 0.3) is 11.0 Å². The zero-order valence-electron chi connectivity index (χ0n) is 13.2. The lowest BCUT2D eigenvalue weighted by molar-refractivity contribution is 0.402. The van der Waals surface area contributed by atoms with Crippen molar-refractivity contribution < 1.29 is 9.15 Å².